The molecule has 102 valence electrons. The number of amides is 1. The second kappa shape index (κ2) is 10.6. The Morgan fingerprint density at radius 1 is 1.18 bits per heavy atom. The molecule has 1 amide bonds. The Kier molecular flexibility index (Phi) is 10.2. The monoisotopic (exact) mass is 242 g/mol. The lowest BCUT2D eigenvalue weighted by Gasteiger charge is -2.06. The first-order valence-electron chi connectivity index (χ1n) is 7.14. The Hall–Kier alpha value is -0.570. The van der Waals surface area contributed by atoms with Gasteiger partial charge in [-0.3, -0.25) is 4.79 Å². The highest BCUT2D eigenvalue weighted by molar-refractivity contribution is 5.47. The first kappa shape index (κ1) is 16.4. The highest BCUT2D eigenvalue weighted by Gasteiger charge is 2.18. The van der Waals surface area contributed by atoms with Crippen molar-refractivity contribution in [2.75, 3.05) is 33.2 Å². The van der Waals surface area contributed by atoms with Gasteiger partial charge in [0.1, 0.15) is 0 Å². The molecule has 0 aromatic carbocycles. The van der Waals surface area contributed by atoms with Crippen LogP contribution in [0.4, 0.5) is 0 Å². The summed E-state index contributed by atoms with van der Waals surface area (Å²) in [5.41, 5.74) is 0. The third-order valence-electron chi connectivity index (χ3n) is 3.37. The van der Waals surface area contributed by atoms with Gasteiger partial charge in [0, 0.05) is 13.1 Å². The minimum atomic E-state index is 0.773. The van der Waals surface area contributed by atoms with Crippen molar-refractivity contribution < 1.29 is 4.79 Å². The smallest absolute Gasteiger partial charge is 0.209 e. The summed E-state index contributed by atoms with van der Waals surface area (Å²) in [6.45, 7) is 10.8. The summed E-state index contributed by atoms with van der Waals surface area (Å²) in [5.74, 6) is 0.773. The van der Waals surface area contributed by atoms with Gasteiger partial charge in [-0.2, -0.15) is 0 Å². The zero-order chi connectivity index (χ0) is 13.1. The molecule has 3 nitrogen and oxygen atoms in total. The Balaban J connectivity index is 0.000000278. The lowest BCUT2D eigenvalue weighted by atomic mass is 10.1. The molecule has 1 atom stereocenters. The first-order valence-corrected chi connectivity index (χ1v) is 7.14. The lowest BCUT2D eigenvalue weighted by molar-refractivity contribution is -0.117. The van der Waals surface area contributed by atoms with Crippen molar-refractivity contribution in [3.63, 3.8) is 0 Å². The van der Waals surface area contributed by atoms with Crippen LogP contribution in [0.1, 0.15) is 46.5 Å². The molecular weight excluding hydrogens is 212 g/mol. The van der Waals surface area contributed by atoms with E-state index in [1.165, 1.54) is 38.8 Å². The van der Waals surface area contributed by atoms with Crippen LogP contribution in [0.15, 0.2) is 0 Å². The summed E-state index contributed by atoms with van der Waals surface area (Å²) in [7, 11) is 2.17. The van der Waals surface area contributed by atoms with Gasteiger partial charge in [-0.15, -0.1) is 0 Å². The Labute approximate surface area is 107 Å². The molecule has 2 rings (SSSR count). The maximum atomic E-state index is 10.2. The lowest BCUT2D eigenvalue weighted by Crippen LogP contribution is -2.17. The van der Waals surface area contributed by atoms with Crippen molar-refractivity contribution in [3.05, 3.63) is 0 Å². The molecule has 1 unspecified atom stereocenters. The van der Waals surface area contributed by atoms with Crippen LogP contribution in [0.2, 0.25) is 0 Å². The van der Waals surface area contributed by atoms with Gasteiger partial charge in [0.05, 0.1) is 0 Å². The van der Waals surface area contributed by atoms with Crippen LogP contribution in [0, 0.1) is 5.92 Å². The van der Waals surface area contributed by atoms with Crippen LogP contribution in [-0.2, 0) is 4.79 Å². The number of carbonyl (C=O) groups is 1. The van der Waals surface area contributed by atoms with Gasteiger partial charge in [-0.25, -0.2) is 0 Å². The summed E-state index contributed by atoms with van der Waals surface area (Å²) >= 11 is 0. The summed E-state index contributed by atoms with van der Waals surface area (Å²) in [6.07, 6.45) is 6.20. The Morgan fingerprint density at radius 2 is 1.76 bits per heavy atom. The van der Waals surface area contributed by atoms with Crippen LogP contribution >= 0.6 is 0 Å². The number of rotatable bonds is 2. The van der Waals surface area contributed by atoms with E-state index in [1.54, 1.807) is 0 Å². The summed E-state index contributed by atoms with van der Waals surface area (Å²) in [5, 5.41) is 0. The molecule has 0 aromatic heterocycles. The molecule has 0 aromatic rings. The first-order chi connectivity index (χ1) is 8.26. The standard InChI is InChI=1S/C7H13NO.C5H11N.C2H6/c1-2-7-3-4-8(5-7)6-9;1-6-4-2-3-5-6;1-2/h6-7H,2-5H2,1H3;2-5H2,1H3;1-2H3. The molecule has 2 aliphatic rings. The number of hydrogen-bond donors (Lipinski definition) is 0. The highest BCUT2D eigenvalue weighted by atomic mass is 16.1. The Morgan fingerprint density at radius 3 is 2.00 bits per heavy atom. The minimum absolute atomic E-state index is 0.773. The zero-order valence-corrected chi connectivity index (χ0v) is 12.1. The van der Waals surface area contributed by atoms with Gasteiger partial charge in [0.25, 0.3) is 0 Å². The molecule has 0 spiro atoms. The van der Waals surface area contributed by atoms with Gasteiger partial charge in [0.15, 0.2) is 0 Å². The van der Waals surface area contributed by atoms with Crippen LogP contribution in [-0.4, -0.2) is 49.4 Å². The predicted octanol–water partition coefficient (Wildman–Crippen LogP) is 2.61. The van der Waals surface area contributed by atoms with E-state index in [2.05, 4.69) is 18.9 Å². The van der Waals surface area contributed by atoms with E-state index in [1.807, 2.05) is 18.7 Å². The quantitative estimate of drug-likeness (QED) is 0.695. The topological polar surface area (TPSA) is 23.6 Å². The third kappa shape index (κ3) is 7.37. The van der Waals surface area contributed by atoms with Crippen LogP contribution < -0.4 is 0 Å². The molecule has 2 heterocycles. The van der Waals surface area contributed by atoms with Crippen molar-refractivity contribution in [3.8, 4) is 0 Å². The molecule has 2 aliphatic heterocycles. The molecular formula is C14H30N2O. The second-order valence-corrected chi connectivity index (χ2v) is 4.67. The Bertz CT molecular complexity index is 179. The maximum Gasteiger partial charge on any atom is 0.209 e. The SMILES string of the molecule is CC.CCC1CCN(C=O)C1.CN1CCCC1. The van der Waals surface area contributed by atoms with E-state index in [0.717, 1.165) is 25.4 Å². The average Bonchev–Trinajstić information content (AvgIpc) is 3.02. The number of carbonyl (C=O) groups excluding carboxylic acids is 1. The minimum Gasteiger partial charge on any atom is -0.345 e. The molecule has 2 saturated heterocycles. The molecule has 0 bridgehead atoms. The van der Waals surface area contributed by atoms with Crippen molar-refractivity contribution in [2.24, 2.45) is 5.92 Å². The number of hydrogen-bond acceptors (Lipinski definition) is 2. The normalized spacial score (nSPS) is 23.5. The van der Waals surface area contributed by atoms with E-state index in [4.69, 9.17) is 0 Å². The van der Waals surface area contributed by atoms with E-state index >= 15 is 0 Å². The molecule has 0 N–H and O–H groups in total. The van der Waals surface area contributed by atoms with Crippen LogP contribution in [0.25, 0.3) is 0 Å². The van der Waals surface area contributed by atoms with Gasteiger partial charge in [-0.1, -0.05) is 27.2 Å². The zero-order valence-electron chi connectivity index (χ0n) is 12.1. The van der Waals surface area contributed by atoms with Crippen molar-refractivity contribution in [2.45, 2.75) is 46.5 Å². The van der Waals surface area contributed by atoms with E-state index in [-0.39, 0.29) is 0 Å². The fourth-order valence-corrected chi connectivity index (χ4v) is 2.17. The molecule has 2 fully saturated rings. The second-order valence-electron chi connectivity index (χ2n) is 4.67. The predicted molar refractivity (Wildman–Crippen MR) is 74.1 cm³/mol. The summed E-state index contributed by atoms with van der Waals surface area (Å²) in [6, 6.07) is 0. The maximum absolute atomic E-state index is 10.2. The van der Waals surface area contributed by atoms with Crippen LogP contribution in [0.5, 0.6) is 0 Å². The van der Waals surface area contributed by atoms with Gasteiger partial charge >= 0.3 is 0 Å². The van der Waals surface area contributed by atoms with E-state index in [0.29, 0.717) is 0 Å². The van der Waals surface area contributed by atoms with Crippen molar-refractivity contribution >= 4 is 6.41 Å². The van der Waals surface area contributed by atoms with Crippen LogP contribution in [0.3, 0.4) is 0 Å². The van der Waals surface area contributed by atoms with Crippen molar-refractivity contribution in [1.29, 1.82) is 0 Å². The number of likely N-dealkylation sites (tertiary alicyclic amines) is 2. The summed E-state index contributed by atoms with van der Waals surface area (Å²) in [4.78, 5) is 14.4. The molecule has 0 aliphatic carbocycles. The van der Waals surface area contributed by atoms with Gasteiger partial charge < -0.3 is 9.80 Å². The number of nitrogens with zero attached hydrogens (tertiary/aromatic N) is 2. The van der Waals surface area contributed by atoms with Crippen molar-refractivity contribution in [1.82, 2.24) is 9.80 Å². The molecule has 0 saturated carbocycles. The fraction of sp³-hybridized carbons (Fsp3) is 0.929. The van der Waals surface area contributed by atoms with Gasteiger partial charge in [0.2, 0.25) is 6.41 Å². The average molecular weight is 242 g/mol. The van der Waals surface area contributed by atoms with Gasteiger partial charge in [-0.05, 0) is 45.3 Å². The molecule has 0 radical (unpaired) electrons. The molecule has 3 heteroatoms. The third-order valence-corrected chi connectivity index (χ3v) is 3.37. The fourth-order valence-electron chi connectivity index (χ4n) is 2.17. The van der Waals surface area contributed by atoms with E-state index in [9.17, 15) is 4.79 Å². The molecule has 17 heavy (non-hydrogen) atoms. The largest absolute Gasteiger partial charge is 0.345 e. The highest BCUT2D eigenvalue weighted by Crippen LogP contribution is 2.16. The summed E-state index contributed by atoms with van der Waals surface area (Å²) < 4.78 is 0. The van der Waals surface area contributed by atoms with E-state index < -0.39 is 0 Å².